The van der Waals surface area contributed by atoms with E-state index in [1.54, 1.807) is 0 Å². The van der Waals surface area contributed by atoms with Gasteiger partial charge < -0.3 is 15.1 Å². The molecule has 2 aromatic carbocycles. The SMILES string of the molecule is CCc1c(C)nc2c(C)cccc2c1Nc1ccc(N2CCN(C)CC2)cc1. The highest BCUT2D eigenvalue weighted by Crippen LogP contribution is 2.33. The third kappa shape index (κ3) is 3.57. The van der Waals surface area contributed by atoms with Gasteiger partial charge in [0.05, 0.1) is 11.2 Å². The molecule has 0 amide bonds. The Morgan fingerprint density at radius 1 is 0.964 bits per heavy atom. The van der Waals surface area contributed by atoms with Crippen molar-refractivity contribution in [3.63, 3.8) is 0 Å². The van der Waals surface area contributed by atoms with Crippen LogP contribution < -0.4 is 10.2 Å². The zero-order chi connectivity index (χ0) is 19.7. The van der Waals surface area contributed by atoms with Crippen molar-refractivity contribution in [2.24, 2.45) is 0 Å². The number of nitrogens with one attached hydrogen (secondary N) is 1. The number of pyridine rings is 1. The monoisotopic (exact) mass is 374 g/mol. The third-order valence-electron chi connectivity index (χ3n) is 5.88. The summed E-state index contributed by atoms with van der Waals surface area (Å²) in [5.74, 6) is 0. The van der Waals surface area contributed by atoms with E-state index in [1.807, 2.05) is 0 Å². The summed E-state index contributed by atoms with van der Waals surface area (Å²) in [5, 5.41) is 4.90. The summed E-state index contributed by atoms with van der Waals surface area (Å²) in [6.07, 6.45) is 0.963. The van der Waals surface area contributed by atoms with E-state index < -0.39 is 0 Å². The number of aryl methyl sites for hydroxylation is 2. The summed E-state index contributed by atoms with van der Waals surface area (Å²) in [7, 11) is 2.19. The van der Waals surface area contributed by atoms with Crippen LogP contribution in [0.1, 0.15) is 23.7 Å². The van der Waals surface area contributed by atoms with E-state index in [0.717, 1.165) is 49.5 Å². The molecule has 4 rings (SSSR count). The summed E-state index contributed by atoms with van der Waals surface area (Å²) in [5.41, 5.74) is 8.34. The van der Waals surface area contributed by atoms with Gasteiger partial charge in [-0.1, -0.05) is 25.1 Å². The maximum atomic E-state index is 4.88. The zero-order valence-electron chi connectivity index (χ0n) is 17.4. The highest BCUT2D eigenvalue weighted by Gasteiger charge is 2.15. The number of rotatable bonds is 4. The highest BCUT2D eigenvalue weighted by atomic mass is 15.2. The second-order valence-electron chi connectivity index (χ2n) is 7.84. The van der Waals surface area contributed by atoms with E-state index >= 15 is 0 Å². The quantitative estimate of drug-likeness (QED) is 0.703. The molecule has 3 aromatic rings. The Morgan fingerprint density at radius 3 is 2.36 bits per heavy atom. The number of hydrogen-bond donors (Lipinski definition) is 1. The van der Waals surface area contributed by atoms with Crippen molar-refractivity contribution in [2.45, 2.75) is 27.2 Å². The minimum atomic E-state index is 0.963. The lowest BCUT2D eigenvalue weighted by Crippen LogP contribution is -2.44. The first kappa shape index (κ1) is 18.8. The smallest absolute Gasteiger partial charge is 0.0755 e. The van der Waals surface area contributed by atoms with Crippen LogP contribution in [0.3, 0.4) is 0 Å². The van der Waals surface area contributed by atoms with Crippen molar-refractivity contribution >= 4 is 28.0 Å². The van der Waals surface area contributed by atoms with Gasteiger partial charge in [-0.3, -0.25) is 4.98 Å². The number of para-hydroxylation sites is 1. The number of aromatic nitrogens is 1. The van der Waals surface area contributed by atoms with Crippen molar-refractivity contribution in [2.75, 3.05) is 43.4 Å². The van der Waals surface area contributed by atoms with Crippen molar-refractivity contribution in [1.82, 2.24) is 9.88 Å². The van der Waals surface area contributed by atoms with Gasteiger partial charge in [0.25, 0.3) is 0 Å². The summed E-state index contributed by atoms with van der Waals surface area (Å²) in [6, 6.07) is 15.3. The summed E-state index contributed by atoms with van der Waals surface area (Å²) < 4.78 is 0. The molecule has 1 fully saturated rings. The van der Waals surface area contributed by atoms with E-state index in [-0.39, 0.29) is 0 Å². The van der Waals surface area contributed by atoms with E-state index in [9.17, 15) is 0 Å². The van der Waals surface area contributed by atoms with Crippen LogP contribution in [-0.4, -0.2) is 43.1 Å². The largest absolute Gasteiger partial charge is 0.369 e. The fourth-order valence-corrected chi connectivity index (χ4v) is 4.13. The first-order chi connectivity index (χ1) is 13.6. The molecule has 0 saturated carbocycles. The Hall–Kier alpha value is -2.59. The lowest BCUT2D eigenvalue weighted by molar-refractivity contribution is 0.313. The van der Waals surface area contributed by atoms with Crippen molar-refractivity contribution < 1.29 is 0 Å². The van der Waals surface area contributed by atoms with Crippen LogP contribution in [0.5, 0.6) is 0 Å². The maximum Gasteiger partial charge on any atom is 0.0755 e. The molecule has 4 heteroatoms. The van der Waals surface area contributed by atoms with Crippen LogP contribution in [0, 0.1) is 13.8 Å². The number of fused-ring (bicyclic) bond motifs is 1. The molecular formula is C24H30N4. The van der Waals surface area contributed by atoms with Gasteiger partial charge in [0.1, 0.15) is 0 Å². The Morgan fingerprint density at radius 2 is 1.68 bits per heavy atom. The average Bonchev–Trinajstić information content (AvgIpc) is 2.70. The standard InChI is InChI=1S/C24H30N4/c1-5-21-18(3)25-23-17(2)7-6-8-22(23)24(21)26-19-9-11-20(12-10-19)28-15-13-27(4)14-16-28/h6-12H,5,13-16H2,1-4H3,(H,25,26). The van der Waals surface area contributed by atoms with Crippen LogP contribution in [0.4, 0.5) is 17.1 Å². The van der Waals surface area contributed by atoms with Crippen LogP contribution in [0.2, 0.25) is 0 Å². The van der Waals surface area contributed by atoms with Crippen molar-refractivity contribution in [3.05, 3.63) is 59.3 Å². The van der Waals surface area contributed by atoms with Gasteiger partial charge in [-0.25, -0.2) is 0 Å². The van der Waals surface area contributed by atoms with E-state index in [1.165, 1.54) is 27.9 Å². The fraction of sp³-hybridized carbons (Fsp3) is 0.375. The molecule has 0 bridgehead atoms. The Labute approximate surface area is 168 Å². The second-order valence-corrected chi connectivity index (χ2v) is 7.84. The number of likely N-dealkylation sites (N-methyl/N-ethyl adjacent to an activating group) is 1. The molecule has 1 saturated heterocycles. The van der Waals surface area contributed by atoms with Gasteiger partial charge in [0.15, 0.2) is 0 Å². The molecule has 146 valence electrons. The molecule has 0 radical (unpaired) electrons. The lowest BCUT2D eigenvalue weighted by atomic mass is 10.0. The van der Waals surface area contributed by atoms with Gasteiger partial charge in [0, 0.05) is 48.6 Å². The predicted octanol–water partition coefficient (Wildman–Crippen LogP) is 4.91. The molecule has 0 unspecified atom stereocenters. The van der Waals surface area contributed by atoms with E-state index in [0.29, 0.717) is 0 Å². The highest BCUT2D eigenvalue weighted by molar-refractivity contribution is 5.96. The molecule has 1 aromatic heterocycles. The van der Waals surface area contributed by atoms with E-state index in [4.69, 9.17) is 4.98 Å². The zero-order valence-corrected chi connectivity index (χ0v) is 17.4. The van der Waals surface area contributed by atoms with Crippen LogP contribution in [-0.2, 0) is 6.42 Å². The summed E-state index contributed by atoms with van der Waals surface area (Å²) in [4.78, 5) is 9.73. The minimum absolute atomic E-state index is 0.963. The number of benzene rings is 2. The topological polar surface area (TPSA) is 31.4 Å². The van der Waals surface area contributed by atoms with Gasteiger partial charge in [-0.15, -0.1) is 0 Å². The molecule has 4 nitrogen and oxygen atoms in total. The number of nitrogens with zero attached hydrogens (tertiary/aromatic N) is 3. The number of piperazine rings is 1. The maximum absolute atomic E-state index is 4.88. The van der Waals surface area contributed by atoms with Crippen LogP contribution >= 0.6 is 0 Å². The molecule has 2 heterocycles. The van der Waals surface area contributed by atoms with Gasteiger partial charge in [0.2, 0.25) is 0 Å². The molecule has 1 aliphatic rings. The fourth-order valence-electron chi connectivity index (χ4n) is 4.13. The minimum Gasteiger partial charge on any atom is -0.369 e. The molecule has 1 N–H and O–H groups in total. The first-order valence-corrected chi connectivity index (χ1v) is 10.3. The number of hydrogen-bond acceptors (Lipinski definition) is 4. The Balaban J connectivity index is 1.65. The molecule has 1 aliphatic heterocycles. The lowest BCUT2D eigenvalue weighted by Gasteiger charge is -2.34. The van der Waals surface area contributed by atoms with Crippen molar-refractivity contribution in [1.29, 1.82) is 0 Å². The second kappa shape index (κ2) is 7.80. The molecule has 0 aliphatic carbocycles. The van der Waals surface area contributed by atoms with Gasteiger partial charge in [-0.05, 0) is 62.7 Å². The molecule has 0 spiro atoms. The van der Waals surface area contributed by atoms with Gasteiger partial charge in [-0.2, -0.15) is 0 Å². The third-order valence-corrected chi connectivity index (χ3v) is 5.88. The average molecular weight is 375 g/mol. The Bertz CT molecular complexity index is 970. The molecule has 28 heavy (non-hydrogen) atoms. The summed E-state index contributed by atoms with van der Waals surface area (Å²) >= 11 is 0. The van der Waals surface area contributed by atoms with E-state index in [2.05, 4.69) is 85.4 Å². The first-order valence-electron chi connectivity index (χ1n) is 10.3. The van der Waals surface area contributed by atoms with Crippen LogP contribution in [0.25, 0.3) is 10.9 Å². The number of anilines is 3. The van der Waals surface area contributed by atoms with Crippen LogP contribution in [0.15, 0.2) is 42.5 Å². The normalized spacial score (nSPS) is 15.2. The van der Waals surface area contributed by atoms with Gasteiger partial charge >= 0.3 is 0 Å². The predicted molar refractivity (Wildman–Crippen MR) is 120 cm³/mol. The molecular weight excluding hydrogens is 344 g/mol. The Kier molecular flexibility index (Phi) is 5.23. The molecule has 0 atom stereocenters. The van der Waals surface area contributed by atoms with Crippen molar-refractivity contribution in [3.8, 4) is 0 Å². The summed E-state index contributed by atoms with van der Waals surface area (Å²) in [6.45, 7) is 10.9.